The fourth-order valence-corrected chi connectivity index (χ4v) is 3.42. The van der Waals surface area contributed by atoms with Gasteiger partial charge in [-0.1, -0.05) is 41.9 Å². The van der Waals surface area contributed by atoms with Gasteiger partial charge in [0.15, 0.2) is 0 Å². The van der Waals surface area contributed by atoms with Gasteiger partial charge in [-0.15, -0.1) is 0 Å². The zero-order chi connectivity index (χ0) is 21.1. The summed E-state index contributed by atoms with van der Waals surface area (Å²) in [5, 5.41) is 18.0. The van der Waals surface area contributed by atoms with E-state index in [0.717, 1.165) is 29.0 Å². The Morgan fingerprint density at radius 3 is 2.57 bits per heavy atom. The number of anilines is 2. The van der Waals surface area contributed by atoms with Crippen molar-refractivity contribution >= 4 is 17.5 Å². The topological polar surface area (TPSA) is 94.0 Å². The third-order valence-corrected chi connectivity index (χ3v) is 4.94. The standard InChI is InChI=1S/C22H24N6O2/c1-4-13-30-18-11-7-16(8-12-18)20-19(15(3)23-22-25-26-27-28(20)22)21(29)24-17-9-5-14(2)6-10-17/h5-12,20H,4,13H2,1-3H3,(H,24,29)(H,23,25,27). The Labute approximate surface area is 174 Å². The first-order valence-electron chi connectivity index (χ1n) is 9.93. The second-order valence-corrected chi connectivity index (χ2v) is 7.25. The lowest BCUT2D eigenvalue weighted by Gasteiger charge is -2.28. The lowest BCUT2D eigenvalue weighted by molar-refractivity contribution is -0.113. The minimum absolute atomic E-state index is 0.207. The normalized spacial score (nSPS) is 15.4. The fourth-order valence-electron chi connectivity index (χ4n) is 3.42. The highest BCUT2D eigenvalue weighted by atomic mass is 16.5. The van der Waals surface area contributed by atoms with Crippen LogP contribution < -0.4 is 15.4 Å². The second-order valence-electron chi connectivity index (χ2n) is 7.25. The summed E-state index contributed by atoms with van der Waals surface area (Å²) >= 11 is 0. The number of hydrogen-bond donors (Lipinski definition) is 2. The van der Waals surface area contributed by atoms with Crippen molar-refractivity contribution in [2.75, 3.05) is 17.2 Å². The van der Waals surface area contributed by atoms with Crippen LogP contribution in [0.2, 0.25) is 0 Å². The number of carbonyl (C=O) groups is 1. The van der Waals surface area contributed by atoms with Crippen LogP contribution in [0.25, 0.3) is 0 Å². The molecule has 0 fully saturated rings. The Morgan fingerprint density at radius 2 is 1.87 bits per heavy atom. The van der Waals surface area contributed by atoms with Crippen LogP contribution in [0.3, 0.4) is 0 Å². The first-order valence-corrected chi connectivity index (χ1v) is 9.93. The van der Waals surface area contributed by atoms with Crippen LogP contribution in [-0.4, -0.2) is 32.7 Å². The predicted molar refractivity (Wildman–Crippen MR) is 114 cm³/mol. The number of aromatic nitrogens is 4. The van der Waals surface area contributed by atoms with Crippen molar-refractivity contribution in [2.24, 2.45) is 0 Å². The highest BCUT2D eigenvalue weighted by Crippen LogP contribution is 2.35. The van der Waals surface area contributed by atoms with Crippen LogP contribution in [0.4, 0.5) is 11.6 Å². The van der Waals surface area contributed by atoms with E-state index < -0.39 is 6.04 Å². The molecule has 0 bridgehead atoms. The average molecular weight is 404 g/mol. The van der Waals surface area contributed by atoms with Gasteiger partial charge in [0.1, 0.15) is 11.8 Å². The molecule has 2 N–H and O–H groups in total. The lowest BCUT2D eigenvalue weighted by Crippen LogP contribution is -2.31. The van der Waals surface area contributed by atoms with E-state index in [1.807, 2.05) is 62.4 Å². The summed E-state index contributed by atoms with van der Waals surface area (Å²) in [7, 11) is 0. The Bertz CT molecular complexity index is 1070. The van der Waals surface area contributed by atoms with Gasteiger partial charge in [0, 0.05) is 11.4 Å². The summed E-state index contributed by atoms with van der Waals surface area (Å²) in [5.41, 5.74) is 4.01. The number of amides is 1. The molecule has 2 aromatic carbocycles. The summed E-state index contributed by atoms with van der Waals surface area (Å²) in [6, 6.07) is 14.9. The molecule has 0 saturated heterocycles. The number of benzene rings is 2. The SMILES string of the molecule is CCCOc1ccc(C2C(C(=O)Nc3ccc(C)cc3)=C(C)Nc3nnnn32)cc1. The minimum Gasteiger partial charge on any atom is -0.494 e. The van der Waals surface area contributed by atoms with Crippen molar-refractivity contribution < 1.29 is 9.53 Å². The Kier molecular flexibility index (Phi) is 5.47. The van der Waals surface area contributed by atoms with Crippen LogP contribution in [0.5, 0.6) is 5.75 Å². The second kappa shape index (κ2) is 8.36. The zero-order valence-electron chi connectivity index (χ0n) is 17.2. The smallest absolute Gasteiger partial charge is 0.255 e. The molecule has 1 aliphatic heterocycles. The van der Waals surface area contributed by atoms with Crippen LogP contribution in [0.1, 0.15) is 37.4 Å². The minimum atomic E-state index is -0.457. The molecule has 2 heterocycles. The molecule has 1 amide bonds. The zero-order valence-corrected chi connectivity index (χ0v) is 17.2. The van der Waals surface area contributed by atoms with E-state index in [-0.39, 0.29) is 5.91 Å². The molecule has 1 atom stereocenters. The molecule has 8 heteroatoms. The number of tetrazole rings is 1. The van der Waals surface area contributed by atoms with Crippen molar-refractivity contribution in [2.45, 2.75) is 33.2 Å². The number of allylic oxidation sites excluding steroid dienone is 1. The quantitative estimate of drug-likeness (QED) is 0.651. The van der Waals surface area contributed by atoms with Crippen LogP contribution >= 0.6 is 0 Å². The summed E-state index contributed by atoms with van der Waals surface area (Å²) in [6.45, 7) is 6.59. The number of hydrogen-bond acceptors (Lipinski definition) is 6. The summed E-state index contributed by atoms with van der Waals surface area (Å²) in [4.78, 5) is 13.3. The molecule has 1 aromatic heterocycles. The van der Waals surface area contributed by atoms with Gasteiger partial charge in [-0.05, 0) is 60.5 Å². The number of nitrogens with zero attached hydrogens (tertiary/aromatic N) is 4. The molecule has 154 valence electrons. The predicted octanol–water partition coefficient (Wildman–Crippen LogP) is 3.70. The molecule has 0 radical (unpaired) electrons. The monoisotopic (exact) mass is 404 g/mol. The van der Waals surface area contributed by atoms with E-state index in [0.29, 0.717) is 23.8 Å². The molecule has 3 aromatic rings. The van der Waals surface area contributed by atoms with Gasteiger partial charge in [0.2, 0.25) is 5.95 Å². The van der Waals surface area contributed by atoms with Crippen LogP contribution in [0, 0.1) is 6.92 Å². The van der Waals surface area contributed by atoms with Crippen LogP contribution in [-0.2, 0) is 4.79 Å². The van der Waals surface area contributed by atoms with Gasteiger partial charge in [-0.2, -0.15) is 4.68 Å². The first-order chi connectivity index (χ1) is 14.6. The number of nitrogens with one attached hydrogen (secondary N) is 2. The number of ether oxygens (including phenoxy) is 1. The third kappa shape index (κ3) is 3.89. The third-order valence-electron chi connectivity index (χ3n) is 4.94. The van der Waals surface area contributed by atoms with Gasteiger partial charge >= 0.3 is 0 Å². The maximum absolute atomic E-state index is 13.3. The Morgan fingerprint density at radius 1 is 1.13 bits per heavy atom. The van der Waals surface area contributed by atoms with Crippen molar-refractivity contribution in [1.29, 1.82) is 0 Å². The van der Waals surface area contributed by atoms with Gasteiger partial charge in [-0.3, -0.25) is 4.79 Å². The van der Waals surface area contributed by atoms with Crippen LogP contribution in [0.15, 0.2) is 59.8 Å². The first kappa shape index (κ1) is 19.6. The highest BCUT2D eigenvalue weighted by Gasteiger charge is 2.34. The molecule has 8 nitrogen and oxygen atoms in total. The maximum Gasteiger partial charge on any atom is 0.255 e. The highest BCUT2D eigenvalue weighted by molar-refractivity contribution is 6.06. The number of rotatable bonds is 6. The van der Waals surface area contributed by atoms with Crippen molar-refractivity contribution in [3.8, 4) is 5.75 Å². The largest absolute Gasteiger partial charge is 0.494 e. The van der Waals surface area contributed by atoms with Gasteiger partial charge in [0.05, 0.1) is 12.2 Å². The van der Waals surface area contributed by atoms with Crippen molar-refractivity contribution in [3.63, 3.8) is 0 Å². The summed E-state index contributed by atoms with van der Waals surface area (Å²) in [6.07, 6.45) is 0.940. The molecule has 1 aliphatic rings. The van der Waals surface area contributed by atoms with Gasteiger partial charge < -0.3 is 15.4 Å². The molecular formula is C22H24N6O2. The Hall–Kier alpha value is -3.68. The van der Waals surface area contributed by atoms with E-state index >= 15 is 0 Å². The van der Waals surface area contributed by atoms with Gasteiger partial charge in [0.25, 0.3) is 5.91 Å². The molecule has 0 saturated carbocycles. The van der Waals surface area contributed by atoms with E-state index in [1.54, 1.807) is 4.68 Å². The molecular weight excluding hydrogens is 380 g/mol. The fraction of sp³-hybridized carbons (Fsp3) is 0.273. The summed E-state index contributed by atoms with van der Waals surface area (Å²) < 4.78 is 7.31. The molecule has 0 spiro atoms. The van der Waals surface area contributed by atoms with E-state index in [2.05, 4.69) is 33.1 Å². The molecule has 1 unspecified atom stereocenters. The lowest BCUT2D eigenvalue weighted by atomic mass is 9.95. The summed E-state index contributed by atoms with van der Waals surface area (Å²) in [5.74, 6) is 1.08. The molecule has 4 rings (SSSR count). The molecule has 0 aliphatic carbocycles. The van der Waals surface area contributed by atoms with Crippen molar-refractivity contribution in [1.82, 2.24) is 20.2 Å². The molecule has 30 heavy (non-hydrogen) atoms. The number of fused-ring (bicyclic) bond motifs is 1. The van der Waals surface area contributed by atoms with Crippen molar-refractivity contribution in [3.05, 3.63) is 70.9 Å². The van der Waals surface area contributed by atoms with E-state index in [9.17, 15) is 4.79 Å². The van der Waals surface area contributed by atoms with Gasteiger partial charge in [-0.25, -0.2) is 0 Å². The van der Waals surface area contributed by atoms with E-state index in [4.69, 9.17) is 4.74 Å². The Balaban J connectivity index is 1.68. The van der Waals surface area contributed by atoms with E-state index in [1.165, 1.54) is 0 Å². The number of carbonyl (C=O) groups excluding carboxylic acids is 1. The number of aryl methyl sites for hydroxylation is 1. The maximum atomic E-state index is 13.3. The average Bonchev–Trinajstić information content (AvgIpc) is 3.21.